The van der Waals surface area contributed by atoms with E-state index in [1.165, 1.54) is 29.7 Å². The summed E-state index contributed by atoms with van der Waals surface area (Å²) in [6.45, 7) is 3.70. The van der Waals surface area contributed by atoms with Crippen LogP contribution in [0.1, 0.15) is 37.2 Å². The zero-order chi connectivity index (χ0) is 13.6. The molecule has 2 aliphatic heterocycles. The van der Waals surface area contributed by atoms with Crippen LogP contribution in [0.2, 0.25) is 0 Å². The third-order valence-electron chi connectivity index (χ3n) is 5.21. The van der Waals surface area contributed by atoms with E-state index in [1.54, 1.807) is 6.07 Å². The molecule has 4 rings (SSSR count). The normalized spacial score (nSPS) is 33.3. The maximum absolute atomic E-state index is 9.80. The van der Waals surface area contributed by atoms with Gasteiger partial charge in [-0.3, -0.25) is 4.90 Å². The van der Waals surface area contributed by atoms with Crippen LogP contribution in [0.3, 0.4) is 0 Å². The molecule has 3 aliphatic rings. The van der Waals surface area contributed by atoms with E-state index in [-0.39, 0.29) is 5.72 Å². The van der Waals surface area contributed by atoms with Crippen molar-refractivity contribution in [2.75, 3.05) is 26.3 Å². The van der Waals surface area contributed by atoms with E-state index < -0.39 is 0 Å². The zero-order valence-electron chi connectivity index (χ0n) is 11.7. The molecule has 1 aromatic rings. The van der Waals surface area contributed by atoms with Crippen LogP contribution in [0.25, 0.3) is 0 Å². The molecule has 1 aliphatic carbocycles. The molecular formula is C16H22NO3+. The molecule has 2 atom stereocenters. The highest BCUT2D eigenvalue weighted by molar-refractivity contribution is 5.46. The van der Waals surface area contributed by atoms with Crippen LogP contribution in [-0.2, 0) is 4.74 Å². The molecule has 20 heavy (non-hydrogen) atoms. The number of benzene rings is 1. The second-order valence-electron chi connectivity index (χ2n) is 6.23. The fraction of sp³-hybridized carbons (Fsp3) is 0.625. The molecular weight excluding hydrogens is 254 g/mol. The minimum Gasteiger partial charge on any atom is -0.508 e. The number of aromatic hydroxyl groups is 1. The van der Waals surface area contributed by atoms with Crippen LogP contribution < -0.4 is 9.64 Å². The summed E-state index contributed by atoms with van der Waals surface area (Å²) in [6, 6.07) is 5.58. The maximum Gasteiger partial charge on any atom is 0.248 e. The van der Waals surface area contributed by atoms with Crippen LogP contribution in [0, 0.1) is 0 Å². The molecule has 2 heterocycles. The Balaban J connectivity index is 1.74. The first kappa shape index (κ1) is 12.5. The predicted octanol–water partition coefficient (Wildman–Crippen LogP) is 1.05. The van der Waals surface area contributed by atoms with Gasteiger partial charge in [-0.05, 0) is 31.0 Å². The molecule has 4 nitrogen and oxygen atoms in total. The van der Waals surface area contributed by atoms with Crippen molar-refractivity contribution in [1.29, 1.82) is 0 Å². The molecule has 0 amide bonds. The van der Waals surface area contributed by atoms with E-state index in [0.717, 1.165) is 38.5 Å². The smallest absolute Gasteiger partial charge is 0.248 e. The van der Waals surface area contributed by atoms with Gasteiger partial charge in [-0.2, -0.15) is 0 Å². The first-order valence-electron chi connectivity index (χ1n) is 7.74. The third-order valence-corrected chi connectivity index (χ3v) is 5.21. The summed E-state index contributed by atoms with van der Waals surface area (Å²) in [5.74, 6) is 1.76. The molecule has 2 fully saturated rings. The van der Waals surface area contributed by atoms with Crippen LogP contribution >= 0.6 is 0 Å². The predicted molar refractivity (Wildman–Crippen MR) is 74.2 cm³/mol. The molecule has 1 saturated heterocycles. The Labute approximate surface area is 119 Å². The topological polar surface area (TPSA) is 43.1 Å². The Morgan fingerprint density at radius 2 is 2.05 bits per heavy atom. The summed E-state index contributed by atoms with van der Waals surface area (Å²) < 4.78 is 12.0. The van der Waals surface area contributed by atoms with Gasteiger partial charge < -0.3 is 14.6 Å². The lowest BCUT2D eigenvalue weighted by molar-refractivity contribution is -0.982. The number of phenolic OH excluding ortho intramolecular Hbond substituents is 1. The van der Waals surface area contributed by atoms with Crippen molar-refractivity contribution >= 4 is 0 Å². The first-order valence-corrected chi connectivity index (χ1v) is 7.74. The minimum absolute atomic E-state index is 0.113. The molecule has 1 aromatic carbocycles. The van der Waals surface area contributed by atoms with Gasteiger partial charge in [0.15, 0.2) is 0 Å². The Bertz CT molecular complexity index is 512. The summed E-state index contributed by atoms with van der Waals surface area (Å²) in [7, 11) is 0. The molecule has 2 N–H and O–H groups in total. The second-order valence-corrected chi connectivity index (χ2v) is 6.23. The highest BCUT2D eigenvalue weighted by Crippen LogP contribution is 2.50. The molecule has 0 radical (unpaired) electrons. The van der Waals surface area contributed by atoms with Crippen molar-refractivity contribution in [3.05, 3.63) is 23.8 Å². The van der Waals surface area contributed by atoms with Crippen molar-refractivity contribution in [3.63, 3.8) is 0 Å². The van der Waals surface area contributed by atoms with Crippen LogP contribution in [-0.4, -0.2) is 37.1 Å². The molecule has 108 valence electrons. The van der Waals surface area contributed by atoms with E-state index >= 15 is 0 Å². The first-order chi connectivity index (χ1) is 9.79. The van der Waals surface area contributed by atoms with E-state index in [2.05, 4.69) is 0 Å². The summed E-state index contributed by atoms with van der Waals surface area (Å²) in [5.41, 5.74) is 1.10. The Morgan fingerprint density at radius 3 is 2.90 bits per heavy atom. The van der Waals surface area contributed by atoms with Crippen molar-refractivity contribution < 1.29 is 19.5 Å². The summed E-state index contributed by atoms with van der Waals surface area (Å²) in [6.07, 6.45) is 4.78. The van der Waals surface area contributed by atoms with Gasteiger partial charge >= 0.3 is 0 Å². The van der Waals surface area contributed by atoms with Gasteiger partial charge in [0, 0.05) is 12.0 Å². The number of quaternary nitrogens is 1. The number of phenols is 1. The SMILES string of the molecule is Oc1ccc2c(c1)C1CCCCC1([NH+]1CCOCC1)O2. The van der Waals surface area contributed by atoms with Crippen molar-refractivity contribution in [3.8, 4) is 11.5 Å². The average Bonchev–Trinajstić information content (AvgIpc) is 2.83. The maximum atomic E-state index is 9.80. The van der Waals surface area contributed by atoms with E-state index in [1.807, 2.05) is 12.1 Å². The molecule has 2 unspecified atom stereocenters. The quantitative estimate of drug-likeness (QED) is 0.806. The third kappa shape index (κ3) is 1.75. The number of rotatable bonds is 1. The molecule has 1 saturated carbocycles. The Hall–Kier alpha value is -1.26. The van der Waals surface area contributed by atoms with Crippen LogP contribution in [0.5, 0.6) is 11.5 Å². The Kier molecular flexibility index (Phi) is 2.89. The van der Waals surface area contributed by atoms with Gasteiger partial charge in [-0.15, -0.1) is 0 Å². The highest BCUT2D eigenvalue weighted by atomic mass is 16.5. The summed E-state index contributed by atoms with van der Waals surface area (Å²) >= 11 is 0. The van der Waals surface area contributed by atoms with Gasteiger partial charge in [0.05, 0.1) is 19.1 Å². The van der Waals surface area contributed by atoms with Crippen molar-refractivity contribution in [2.24, 2.45) is 0 Å². The number of nitrogens with one attached hydrogen (secondary N) is 1. The van der Waals surface area contributed by atoms with E-state index in [0.29, 0.717) is 11.7 Å². The van der Waals surface area contributed by atoms with Gasteiger partial charge in [0.2, 0.25) is 5.72 Å². The summed E-state index contributed by atoms with van der Waals surface area (Å²) in [4.78, 5) is 1.53. The molecule has 4 heteroatoms. The number of fused-ring (bicyclic) bond motifs is 3. The second kappa shape index (κ2) is 4.64. The highest BCUT2D eigenvalue weighted by Gasteiger charge is 2.57. The summed E-state index contributed by atoms with van der Waals surface area (Å²) in [5, 5.41) is 9.80. The van der Waals surface area contributed by atoms with E-state index in [9.17, 15) is 5.11 Å². The standard InChI is InChI=1S/C16H21NO3/c18-12-4-5-15-13(11-12)14-3-1-2-6-16(14,20-15)17-7-9-19-10-8-17/h4-5,11,14,18H,1-3,6-10H2/p+1. The average molecular weight is 276 g/mol. The fourth-order valence-corrected chi connectivity index (χ4v) is 4.31. The lowest BCUT2D eigenvalue weighted by Crippen LogP contribution is -3.23. The van der Waals surface area contributed by atoms with Crippen LogP contribution in [0.15, 0.2) is 18.2 Å². The van der Waals surface area contributed by atoms with Gasteiger partial charge in [0.1, 0.15) is 24.6 Å². The van der Waals surface area contributed by atoms with Gasteiger partial charge in [-0.25, -0.2) is 0 Å². The van der Waals surface area contributed by atoms with Gasteiger partial charge in [-0.1, -0.05) is 6.42 Å². The molecule has 0 spiro atoms. The van der Waals surface area contributed by atoms with Crippen molar-refractivity contribution in [1.82, 2.24) is 0 Å². The van der Waals surface area contributed by atoms with Crippen LogP contribution in [0.4, 0.5) is 0 Å². The number of hydrogen-bond donors (Lipinski definition) is 2. The number of ether oxygens (including phenoxy) is 2. The zero-order valence-corrected chi connectivity index (χ0v) is 11.7. The molecule has 0 aromatic heterocycles. The lowest BCUT2D eigenvalue weighted by Gasteiger charge is -2.44. The lowest BCUT2D eigenvalue weighted by atomic mass is 9.77. The fourth-order valence-electron chi connectivity index (χ4n) is 4.31. The minimum atomic E-state index is -0.113. The molecule has 0 bridgehead atoms. The largest absolute Gasteiger partial charge is 0.508 e. The number of hydrogen-bond acceptors (Lipinski definition) is 3. The monoisotopic (exact) mass is 276 g/mol. The van der Waals surface area contributed by atoms with Crippen molar-refractivity contribution in [2.45, 2.75) is 37.3 Å². The van der Waals surface area contributed by atoms with Gasteiger partial charge in [0.25, 0.3) is 0 Å². The Morgan fingerprint density at radius 1 is 1.20 bits per heavy atom. The van der Waals surface area contributed by atoms with E-state index in [4.69, 9.17) is 9.47 Å². The number of morpholine rings is 1.